The molecule has 0 aliphatic carbocycles. The maximum atomic E-state index is 12.4. The van der Waals surface area contributed by atoms with E-state index in [0.717, 1.165) is 5.69 Å². The van der Waals surface area contributed by atoms with Gasteiger partial charge in [0.15, 0.2) is 0 Å². The molecule has 0 atom stereocenters. The van der Waals surface area contributed by atoms with E-state index in [1.807, 2.05) is 0 Å². The first-order chi connectivity index (χ1) is 10.5. The maximum absolute atomic E-state index is 12.4. The number of carbonyl (C=O) groups is 2. The van der Waals surface area contributed by atoms with Gasteiger partial charge in [-0.15, -0.1) is 0 Å². The molecule has 0 heterocycles. The van der Waals surface area contributed by atoms with Crippen LogP contribution < -0.4 is 10.2 Å². The van der Waals surface area contributed by atoms with Gasteiger partial charge in [-0.1, -0.05) is 18.2 Å². The molecule has 2 aromatic carbocycles. The Bertz CT molecular complexity index is 694. The first-order valence-corrected chi connectivity index (χ1v) is 6.96. The van der Waals surface area contributed by atoms with Crippen LogP contribution in [0.5, 0.6) is 0 Å². The lowest BCUT2D eigenvalue weighted by Crippen LogP contribution is -2.26. The lowest BCUT2D eigenvalue weighted by Gasteiger charge is -2.18. The lowest BCUT2D eigenvalue weighted by molar-refractivity contribution is -0.111. The fourth-order valence-electron chi connectivity index (χ4n) is 1.87. The summed E-state index contributed by atoms with van der Waals surface area (Å²) in [6.45, 7) is 3.39. The smallest absolute Gasteiger partial charge is 0.258 e. The van der Waals surface area contributed by atoms with Crippen molar-refractivity contribution in [1.29, 1.82) is 0 Å². The summed E-state index contributed by atoms with van der Waals surface area (Å²) in [6.07, 6.45) is 1.20. The van der Waals surface area contributed by atoms with Crippen molar-refractivity contribution < 1.29 is 9.59 Å². The molecule has 0 aromatic heterocycles. The van der Waals surface area contributed by atoms with Gasteiger partial charge in [0.05, 0.1) is 0 Å². The van der Waals surface area contributed by atoms with E-state index >= 15 is 0 Å². The lowest BCUT2D eigenvalue weighted by atomic mass is 10.2. The molecule has 0 bridgehead atoms. The van der Waals surface area contributed by atoms with Crippen LogP contribution in [0.4, 0.5) is 11.4 Å². The van der Waals surface area contributed by atoms with Crippen LogP contribution in [0, 0.1) is 0 Å². The molecule has 0 aliphatic rings. The zero-order chi connectivity index (χ0) is 16.1. The molecule has 0 radical (unpaired) electrons. The molecule has 112 valence electrons. The molecule has 0 fully saturated rings. The highest BCUT2D eigenvalue weighted by Gasteiger charge is 2.13. The van der Waals surface area contributed by atoms with Crippen LogP contribution >= 0.6 is 11.6 Å². The van der Waals surface area contributed by atoms with Crippen molar-refractivity contribution in [3.63, 3.8) is 0 Å². The van der Waals surface area contributed by atoms with E-state index in [0.29, 0.717) is 16.3 Å². The summed E-state index contributed by atoms with van der Waals surface area (Å²) in [7, 11) is 1.69. The van der Waals surface area contributed by atoms with Crippen LogP contribution in [0.15, 0.2) is 61.2 Å². The van der Waals surface area contributed by atoms with Crippen molar-refractivity contribution in [3.05, 3.63) is 71.8 Å². The molecule has 0 spiro atoms. The van der Waals surface area contributed by atoms with Gasteiger partial charge in [-0.2, -0.15) is 0 Å². The predicted octanol–water partition coefficient (Wildman–Crippen LogP) is 3.74. The second-order valence-corrected chi connectivity index (χ2v) is 5.05. The largest absolute Gasteiger partial charge is 0.323 e. The number of halogens is 1. The van der Waals surface area contributed by atoms with Gasteiger partial charge in [-0.25, -0.2) is 0 Å². The highest BCUT2D eigenvalue weighted by molar-refractivity contribution is 6.30. The normalized spacial score (nSPS) is 9.91. The van der Waals surface area contributed by atoms with Gasteiger partial charge < -0.3 is 10.2 Å². The van der Waals surface area contributed by atoms with Gasteiger partial charge in [0.1, 0.15) is 0 Å². The number of benzene rings is 2. The quantitative estimate of drug-likeness (QED) is 0.874. The zero-order valence-corrected chi connectivity index (χ0v) is 12.8. The van der Waals surface area contributed by atoms with Gasteiger partial charge in [0.2, 0.25) is 5.91 Å². The summed E-state index contributed by atoms with van der Waals surface area (Å²) in [5, 5.41) is 3.23. The molecule has 1 N–H and O–H groups in total. The van der Waals surface area contributed by atoms with Crippen LogP contribution in [0.1, 0.15) is 10.4 Å². The number of anilines is 2. The van der Waals surface area contributed by atoms with Crippen molar-refractivity contribution in [3.8, 4) is 0 Å². The summed E-state index contributed by atoms with van der Waals surface area (Å²) in [5.74, 6) is -0.419. The summed E-state index contributed by atoms with van der Waals surface area (Å²) >= 11 is 5.82. The van der Waals surface area contributed by atoms with E-state index in [1.165, 1.54) is 11.0 Å². The third kappa shape index (κ3) is 3.74. The number of amides is 2. The summed E-state index contributed by atoms with van der Waals surface area (Å²) in [4.78, 5) is 25.1. The summed E-state index contributed by atoms with van der Waals surface area (Å²) in [5.41, 5.74) is 1.91. The van der Waals surface area contributed by atoms with Gasteiger partial charge in [0, 0.05) is 29.0 Å². The molecule has 2 aromatic rings. The van der Waals surface area contributed by atoms with E-state index in [1.54, 1.807) is 55.6 Å². The molecule has 5 heteroatoms. The van der Waals surface area contributed by atoms with E-state index < -0.39 is 0 Å². The molecule has 22 heavy (non-hydrogen) atoms. The van der Waals surface area contributed by atoms with Crippen molar-refractivity contribution in [1.82, 2.24) is 0 Å². The summed E-state index contributed by atoms with van der Waals surface area (Å²) < 4.78 is 0. The maximum Gasteiger partial charge on any atom is 0.258 e. The Labute approximate surface area is 134 Å². The second kappa shape index (κ2) is 6.91. The summed E-state index contributed by atoms with van der Waals surface area (Å²) in [6, 6.07) is 13.7. The third-order valence-electron chi connectivity index (χ3n) is 3.10. The number of hydrogen-bond acceptors (Lipinski definition) is 2. The Morgan fingerprint density at radius 3 is 2.23 bits per heavy atom. The van der Waals surface area contributed by atoms with Crippen molar-refractivity contribution >= 4 is 34.8 Å². The number of rotatable bonds is 4. The third-order valence-corrected chi connectivity index (χ3v) is 3.36. The minimum atomic E-state index is -0.279. The SMILES string of the molecule is C=CC(=O)Nc1ccc(N(C)C(=O)c2ccc(Cl)cc2)cc1. The fourth-order valence-corrected chi connectivity index (χ4v) is 1.99. The Morgan fingerprint density at radius 2 is 1.68 bits per heavy atom. The first-order valence-electron chi connectivity index (χ1n) is 6.58. The van der Waals surface area contributed by atoms with Crippen molar-refractivity contribution in [2.24, 2.45) is 0 Å². The standard InChI is InChI=1S/C17H15ClN2O2/c1-3-16(21)19-14-8-10-15(11-9-14)20(2)17(22)12-4-6-13(18)7-5-12/h3-11H,1H2,2H3,(H,19,21). The highest BCUT2D eigenvalue weighted by Crippen LogP contribution is 2.19. The van der Waals surface area contributed by atoms with E-state index in [9.17, 15) is 9.59 Å². The Kier molecular flexibility index (Phi) is 4.96. The van der Waals surface area contributed by atoms with Crippen molar-refractivity contribution in [2.75, 3.05) is 17.3 Å². The number of hydrogen-bond donors (Lipinski definition) is 1. The van der Waals surface area contributed by atoms with Crippen LogP contribution in [0.25, 0.3) is 0 Å². The molecule has 0 aliphatic heterocycles. The minimum absolute atomic E-state index is 0.139. The van der Waals surface area contributed by atoms with Gasteiger partial charge in [-0.05, 0) is 54.6 Å². The average Bonchev–Trinajstić information content (AvgIpc) is 2.55. The van der Waals surface area contributed by atoms with E-state index in [4.69, 9.17) is 11.6 Å². The molecule has 2 amide bonds. The average molecular weight is 315 g/mol. The van der Waals surface area contributed by atoms with Crippen LogP contribution in [-0.2, 0) is 4.79 Å². The number of carbonyl (C=O) groups excluding carboxylic acids is 2. The van der Waals surface area contributed by atoms with Gasteiger partial charge >= 0.3 is 0 Å². The van der Waals surface area contributed by atoms with Crippen molar-refractivity contribution in [2.45, 2.75) is 0 Å². The van der Waals surface area contributed by atoms with Crippen LogP contribution in [-0.4, -0.2) is 18.9 Å². The Morgan fingerprint density at radius 1 is 1.09 bits per heavy atom. The topological polar surface area (TPSA) is 49.4 Å². The Hall–Kier alpha value is -2.59. The minimum Gasteiger partial charge on any atom is -0.323 e. The predicted molar refractivity (Wildman–Crippen MR) is 89.5 cm³/mol. The Balaban J connectivity index is 2.13. The fraction of sp³-hybridized carbons (Fsp3) is 0.0588. The first kappa shape index (κ1) is 15.8. The van der Waals surface area contributed by atoms with Crippen LogP contribution in [0.3, 0.4) is 0 Å². The molecule has 2 rings (SSSR count). The highest BCUT2D eigenvalue weighted by atomic mass is 35.5. The molecular weight excluding hydrogens is 300 g/mol. The van der Waals surface area contributed by atoms with Gasteiger partial charge in [0.25, 0.3) is 5.91 Å². The molecule has 4 nitrogen and oxygen atoms in total. The van der Waals surface area contributed by atoms with Gasteiger partial charge in [-0.3, -0.25) is 9.59 Å². The zero-order valence-electron chi connectivity index (χ0n) is 12.0. The molecule has 0 saturated carbocycles. The van der Waals surface area contributed by atoms with E-state index in [-0.39, 0.29) is 11.8 Å². The number of nitrogens with one attached hydrogen (secondary N) is 1. The molecule has 0 saturated heterocycles. The molecule has 0 unspecified atom stereocenters. The van der Waals surface area contributed by atoms with E-state index in [2.05, 4.69) is 11.9 Å². The van der Waals surface area contributed by atoms with Crippen LogP contribution in [0.2, 0.25) is 5.02 Å². The molecular formula is C17H15ClN2O2. The number of nitrogens with zero attached hydrogens (tertiary/aromatic N) is 1. The monoisotopic (exact) mass is 314 g/mol. The second-order valence-electron chi connectivity index (χ2n) is 4.61.